The minimum atomic E-state index is -0.0232. The van der Waals surface area contributed by atoms with Gasteiger partial charge in [0.15, 0.2) is 0 Å². The number of benzene rings is 1. The van der Waals surface area contributed by atoms with Gasteiger partial charge in [-0.1, -0.05) is 30.3 Å². The average molecular weight is 280 g/mol. The molecule has 1 saturated heterocycles. The summed E-state index contributed by atoms with van der Waals surface area (Å²) in [7, 11) is 0. The average Bonchev–Trinajstić information content (AvgIpc) is 3.31. The van der Waals surface area contributed by atoms with E-state index in [9.17, 15) is 0 Å². The fourth-order valence-electron chi connectivity index (χ4n) is 2.13. The molecule has 112 valence electrons. The van der Waals surface area contributed by atoms with Crippen molar-refractivity contribution in [1.29, 1.82) is 0 Å². The molecule has 0 radical (unpaired) electrons. The predicted molar refractivity (Wildman–Crippen MR) is 76.8 cm³/mol. The maximum atomic E-state index is 6.03. The molecule has 0 aliphatic carbocycles. The van der Waals surface area contributed by atoms with Gasteiger partial charge in [0.1, 0.15) is 18.3 Å². The number of epoxide rings is 1. The molecule has 2 rings (SSSR count). The van der Waals surface area contributed by atoms with Crippen LogP contribution < -0.4 is 0 Å². The SMILES string of the molecule is CCOCC(COC(c1ccccc1)C1CO1)OCC. The first-order valence-electron chi connectivity index (χ1n) is 7.32. The van der Waals surface area contributed by atoms with E-state index in [-0.39, 0.29) is 18.3 Å². The minimum Gasteiger partial charge on any atom is -0.379 e. The van der Waals surface area contributed by atoms with Gasteiger partial charge in [0.25, 0.3) is 0 Å². The lowest BCUT2D eigenvalue weighted by atomic mass is 10.1. The largest absolute Gasteiger partial charge is 0.379 e. The smallest absolute Gasteiger partial charge is 0.111 e. The first kappa shape index (κ1) is 15.4. The summed E-state index contributed by atoms with van der Waals surface area (Å²) in [4.78, 5) is 0. The summed E-state index contributed by atoms with van der Waals surface area (Å²) in [5.74, 6) is 0. The van der Waals surface area contributed by atoms with E-state index in [2.05, 4.69) is 12.1 Å². The Hall–Kier alpha value is -0.940. The molecule has 1 aliphatic heterocycles. The van der Waals surface area contributed by atoms with Crippen molar-refractivity contribution in [2.45, 2.75) is 32.2 Å². The second kappa shape index (κ2) is 8.37. The Morgan fingerprint density at radius 3 is 2.45 bits per heavy atom. The van der Waals surface area contributed by atoms with Crippen molar-refractivity contribution in [2.24, 2.45) is 0 Å². The monoisotopic (exact) mass is 280 g/mol. The van der Waals surface area contributed by atoms with Gasteiger partial charge in [0.05, 0.1) is 19.8 Å². The van der Waals surface area contributed by atoms with E-state index >= 15 is 0 Å². The molecule has 3 atom stereocenters. The van der Waals surface area contributed by atoms with Gasteiger partial charge in [-0.3, -0.25) is 0 Å². The van der Waals surface area contributed by atoms with Gasteiger partial charge >= 0.3 is 0 Å². The summed E-state index contributed by atoms with van der Waals surface area (Å²) >= 11 is 0. The lowest BCUT2D eigenvalue weighted by molar-refractivity contribution is -0.0784. The normalized spacial score (nSPS) is 20.6. The van der Waals surface area contributed by atoms with Gasteiger partial charge in [0.2, 0.25) is 0 Å². The van der Waals surface area contributed by atoms with Crippen LogP contribution in [0.4, 0.5) is 0 Å². The Morgan fingerprint density at radius 2 is 1.85 bits per heavy atom. The van der Waals surface area contributed by atoms with Crippen LogP contribution >= 0.6 is 0 Å². The summed E-state index contributed by atoms with van der Waals surface area (Å²) in [5, 5.41) is 0. The van der Waals surface area contributed by atoms with E-state index in [0.717, 1.165) is 12.2 Å². The number of hydrogen-bond donors (Lipinski definition) is 0. The molecule has 3 unspecified atom stereocenters. The van der Waals surface area contributed by atoms with Crippen molar-refractivity contribution in [3.8, 4) is 0 Å². The molecule has 0 aromatic heterocycles. The third-order valence-corrected chi connectivity index (χ3v) is 3.20. The van der Waals surface area contributed by atoms with Crippen molar-refractivity contribution in [3.63, 3.8) is 0 Å². The fraction of sp³-hybridized carbons (Fsp3) is 0.625. The van der Waals surface area contributed by atoms with Crippen LogP contribution in [0.5, 0.6) is 0 Å². The molecule has 1 aliphatic rings. The van der Waals surface area contributed by atoms with E-state index in [4.69, 9.17) is 18.9 Å². The molecule has 4 nitrogen and oxygen atoms in total. The van der Waals surface area contributed by atoms with Crippen LogP contribution in [0.1, 0.15) is 25.5 Å². The van der Waals surface area contributed by atoms with Gasteiger partial charge in [-0.15, -0.1) is 0 Å². The van der Waals surface area contributed by atoms with E-state index in [1.165, 1.54) is 0 Å². The zero-order chi connectivity index (χ0) is 14.2. The van der Waals surface area contributed by atoms with Crippen molar-refractivity contribution in [3.05, 3.63) is 35.9 Å². The zero-order valence-electron chi connectivity index (χ0n) is 12.3. The minimum absolute atomic E-state index is 0.0132. The van der Waals surface area contributed by atoms with Crippen LogP contribution in [0.25, 0.3) is 0 Å². The number of hydrogen-bond acceptors (Lipinski definition) is 4. The van der Waals surface area contributed by atoms with E-state index < -0.39 is 0 Å². The standard InChI is InChI=1S/C16H24O4/c1-3-17-10-14(18-4-2)11-20-16(15-12-19-15)13-8-6-5-7-9-13/h5-9,14-16H,3-4,10-12H2,1-2H3. The Kier molecular flexibility index (Phi) is 6.47. The lowest BCUT2D eigenvalue weighted by Crippen LogP contribution is -2.28. The van der Waals surface area contributed by atoms with Gasteiger partial charge in [-0.2, -0.15) is 0 Å². The van der Waals surface area contributed by atoms with E-state index in [0.29, 0.717) is 26.4 Å². The molecular formula is C16H24O4. The highest BCUT2D eigenvalue weighted by Gasteiger charge is 2.35. The van der Waals surface area contributed by atoms with Gasteiger partial charge in [0, 0.05) is 13.2 Å². The van der Waals surface area contributed by atoms with Gasteiger partial charge in [-0.25, -0.2) is 0 Å². The lowest BCUT2D eigenvalue weighted by Gasteiger charge is -2.21. The van der Waals surface area contributed by atoms with E-state index in [1.807, 2.05) is 32.0 Å². The zero-order valence-corrected chi connectivity index (χ0v) is 12.3. The molecule has 20 heavy (non-hydrogen) atoms. The molecule has 1 fully saturated rings. The molecule has 1 aromatic carbocycles. The summed E-state index contributed by atoms with van der Waals surface area (Å²) in [6.45, 7) is 7.18. The number of rotatable bonds is 10. The molecule has 0 spiro atoms. The summed E-state index contributed by atoms with van der Waals surface area (Å²) < 4.78 is 22.5. The summed E-state index contributed by atoms with van der Waals surface area (Å²) in [6.07, 6.45) is 0.137. The quantitative estimate of drug-likeness (QED) is 0.618. The highest BCUT2D eigenvalue weighted by atomic mass is 16.6. The summed E-state index contributed by atoms with van der Waals surface area (Å²) in [6, 6.07) is 10.2. The Labute approximate surface area is 121 Å². The van der Waals surface area contributed by atoms with E-state index in [1.54, 1.807) is 0 Å². The number of ether oxygens (including phenoxy) is 4. The molecular weight excluding hydrogens is 256 g/mol. The Morgan fingerprint density at radius 1 is 1.10 bits per heavy atom. The topological polar surface area (TPSA) is 40.2 Å². The maximum Gasteiger partial charge on any atom is 0.111 e. The molecule has 0 saturated carbocycles. The maximum absolute atomic E-state index is 6.03. The van der Waals surface area contributed by atoms with Crippen molar-refractivity contribution in [1.82, 2.24) is 0 Å². The van der Waals surface area contributed by atoms with Crippen LogP contribution in [0, 0.1) is 0 Å². The first-order valence-corrected chi connectivity index (χ1v) is 7.32. The van der Waals surface area contributed by atoms with Gasteiger partial charge in [-0.05, 0) is 19.4 Å². The second-order valence-electron chi connectivity index (χ2n) is 4.77. The Balaban J connectivity index is 1.87. The molecule has 1 heterocycles. The van der Waals surface area contributed by atoms with Crippen molar-refractivity contribution in [2.75, 3.05) is 33.0 Å². The van der Waals surface area contributed by atoms with Gasteiger partial charge < -0.3 is 18.9 Å². The predicted octanol–water partition coefficient (Wildman–Crippen LogP) is 2.58. The van der Waals surface area contributed by atoms with Crippen LogP contribution in [-0.4, -0.2) is 45.2 Å². The van der Waals surface area contributed by atoms with Crippen LogP contribution in [0.2, 0.25) is 0 Å². The molecule has 0 N–H and O–H groups in total. The van der Waals surface area contributed by atoms with Crippen molar-refractivity contribution < 1.29 is 18.9 Å². The van der Waals surface area contributed by atoms with Crippen LogP contribution in [0.3, 0.4) is 0 Å². The molecule has 1 aromatic rings. The highest BCUT2D eigenvalue weighted by molar-refractivity contribution is 5.19. The Bertz CT molecular complexity index is 364. The third kappa shape index (κ3) is 4.87. The molecule has 0 amide bonds. The van der Waals surface area contributed by atoms with Crippen LogP contribution in [-0.2, 0) is 18.9 Å². The third-order valence-electron chi connectivity index (χ3n) is 3.20. The first-order chi connectivity index (χ1) is 9.85. The molecule has 0 bridgehead atoms. The van der Waals surface area contributed by atoms with Crippen molar-refractivity contribution >= 4 is 0 Å². The summed E-state index contributed by atoms with van der Waals surface area (Å²) in [5.41, 5.74) is 1.15. The fourth-order valence-corrected chi connectivity index (χ4v) is 2.13. The second-order valence-corrected chi connectivity index (χ2v) is 4.77. The van der Waals surface area contributed by atoms with Crippen LogP contribution in [0.15, 0.2) is 30.3 Å². The molecule has 4 heteroatoms. The highest BCUT2D eigenvalue weighted by Crippen LogP contribution is 2.31.